The number of hydrogen-bond donors (Lipinski definition) is 2. The van der Waals surface area contributed by atoms with Crippen LogP contribution in [0.15, 0.2) is 48.5 Å². The Morgan fingerprint density at radius 3 is 2.87 bits per heavy atom. The van der Waals surface area contributed by atoms with Crippen LogP contribution in [0.1, 0.15) is 10.5 Å². The van der Waals surface area contributed by atoms with Crippen LogP contribution in [0, 0.1) is 5.82 Å². The average Bonchev–Trinajstić information content (AvgIpc) is 3.11. The number of nitrogens with one attached hydrogen (secondary N) is 2. The maximum absolute atomic E-state index is 13.7. The first-order chi connectivity index (χ1) is 11.1. The highest BCUT2D eigenvalue weighted by atomic mass is 19.1. The van der Waals surface area contributed by atoms with Gasteiger partial charge in [0.15, 0.2) is 5.82 Å². The number of nitrogens with zero attached hydrogens (tertiary/aromatic N) is 2. The molecule has 1 amide bonds. The summed E-state index contributed by atoms with van der Waals surface area (Å²) in [5.41, 5.74) is 1.76. The molecule has 114 valence electrons. The fourth-order valence-corrected chi connectivity index (χ4v) is 2.78. The molecular formula is C17H13FN4O. The highest BCUT2D eigenvalue weighted by Gasteiger charge is 2.16. The van der Waals surface area contributed by atoms with Crippen molar-refractivity contribution in [2.24, 2.45) is 7.05 Å². The quantitative estimate of drug-likeness (QED) is 0.596. The number of anilines is 1. The third kappa shape index (κ3) is 2.07. The van der Waals surface area contributed by atoms with E-state index in [1.165, 1.54) is 6.07 Å². The fraction of sp³-hybridized carbons (Fsp3) is 0.0588. The number of aromatic nitrogens is 3. The van der Waals surface area contributed by atoms with Gasteiger partial charge in [0.1, 0.15) is 17.0 Å². The van der Waals surface area contributed by atoms with Gasteiger partial charge in [-0.05, 0) is 24.3 Å². The first-order valence-electron chi connectivity index (χ1n) is 7.13. The molecule has 0 fully saturated rings. The zero-order chi connectivity index (χ0) is 16.0. The zero-order valence-corrected chi connectivity index (χ0v) is 12.3. The van der Waals surface area contributed by atoms with E-state index in [0.29, 0.717) is 16.9 Å². The number of benzene rings is 2. The summed E-state index contributed by atoms with van der Waals surface area (Å²) in [6, 6.07) is 14.2. The van der Waals surface area contributed by atoms with Crippen LogP contribution in [0.2, 0.25) is 0 Å². The van der Waals surface area contributed by atoms with Gasteiger partial charge in [-0.3, -0.25) is 9.89 Å². The number of aryl methyl sites for hydroxylation is 1. The van der Waals surface area contributed by atoms with Gasteiger partial charge in [-0.2, -0.15) is 5.10 Å². The first-order valence-corrected chi connectivity index (χ1v) is 7.13. The lowest BCUT2D eigenvalue weighted by Crippen LogP contribution is -2.15. The molecule has 4 rings (SSSR count). The summed E-state index contributed by atoms with van der Waals surface area (Å²) in [4.78, 5) is 12.6. The number of carbonyl (C=O) groups excluding carboxylic acids is 1. The number of hydrogen-bond acceptors (Lipinski definition) is 2. The second kappa shape index (κ2) is 4.95. The van der Waals surface area contributed by atoms with Gasteiger partial charge >= 0.3 is 0 Å². The van der Waals surface area contributed by atoms with Gasteiger partial charge in [-0.1, -0.05) is 24.3 Å². The zero-order valence-electron chi connectivity index (χ0n) is 12.3. The SMILES string of the molecule is Cn1c(C(=O)Nc2n[nH]c3c(F)cccc23)cc2ccccc21. The molecule has 0 aliphatic carbocycles. The van der Waals surface area contributed by atoms with E-state index in [4.69, 9.17) is 0 Å². The summed E-state index contributed by atoms with van der Waals surface area (Å²) >= 11 is 0. The number of carbonyl (C=O) groups is 1. The van der Waals surface area contributed by atoms with Gasteiger partial charge in [0.05, 0.1) is 0 Å². The van der Waals surface area contributed by atoms with Crippen LogP contribution in [-0.4, -0.2) is 20.7 Å². The smallest absolute Gasteiger partial charge is 0.273 e. The van der Waals surface area contributed by atoms with E-state index in [0.717, 1.165) is 10.9 Å². The molecule has 0 unspecified atom stereocenters. The number of aromatic amines is 1. The third-order valence-electron chi connectivity index (χ3n) is 3.96. The minimum absolute atomic E-state index is 0.278. The lowest BCUT2D eigenvalue weighted by molar-refractivity contribution is 0.101. The monoisotopic (exact) mass is 308 g/mol. The summed E-state index contributed by atoms with van der Waals surface area (Å²) in [5, 5.41) is 10.9. The summed E-state index contributed by atoms with van der Waals surface area (Å²) in [7, 11) is 1.83. The number of amides is 1. The molecule has 0 saturated heterocycles. The van der Waals surface area contributed by atoms with Gasteiger partial charge in [-0.25, -0.2) is 4.39 Å². The van der Waals surface area contributed by atoms with Crippen LogP contribution in [0.4, 0.5) is 10.2 Å². The lowest BCUT2D eigenvalue weighted by atomic mass is 10.2. The summed E-state index contributed by atoms with van der Waals surface area (Å²) in [6.07, 6.45) is 0. The largest absolute Gasteiger partial charge is 0.340 e. The summed E-state index contributed by atoms with van der Waals surface area (Å²) in [6.45, 7) is 0. The Bertz CT molecular complexity index is 1050. The highest BCUT2D eigenvalue weighted by Crippen LogP contribution is 2.24. The maximum atomic E-state index is 13.7. The first kappa shape index (κ1) is 13.5. The standard InChI is InChI=1S/C17H13FN4O/c1-22-13-8-3-2-5-10(13)9-14(22)17(23)19-16-11-6-4-7-12(18)15(11)20-21-16/h2-9H,1H3,(H2,19,20,21,23). The Morgan fingerprint density at radius 2 is 2.04 bits per heavy atom. The number of halogens is 1. The molecule has 2 N–H and O–H groups in total. The molecule has 0 bridgehead atoms. The molecule has 2 heterocycles. The van der Waals surface area contributed by atoms with Crippen LogP contribution in [-0.2, 0) is 7.05 Å². The predicted octanol–water partition coefficient (Wildman–Crippen LogP) is 3.45. The van der Waals surface area contributed by atoms with Crippen molar-refractivity contribution in [3.8, 4) is 0 Å². The molecule has 0 saturated carbocycles. The predicted molar refractivity (Wildman–Crippen MR) is 86.9 cm³/mol. The topological polar surface area (TPSA) is 62.7 Å². The van der Waals surface area contributed by atoms with Gasteiger partial charge in [0, 0.05) is 23.3 Å². The van der Waals surface area contributed by atoms with E-state index in [9.17, 15) is 9.18 Å². The Kier molecular flexibility index (Phi) is 2.90. The fourth-order valence-electron chi connectivity index (χ4n) is 2.78. The molecule has 0 radical (unpaired) electrons. The van der Waals surface area contributed by atoms with Crippen molar-refractivity contribution >= 4 is 33.5 Å². The third-order valence-corrected chi connectivity index (χ3v) is 3.96. The second-order valence-corrected chi connectivity index (χ2v) is 5.34. The summed E-state index contributed by atoms with van der Waals surface area (Å²) in [5.74, 6) is -0.378. The van der Waals surface area contributed by atoms with E-state index in [1.54, 1.807) is 12.1 Å². The number of rotatable bonds is 2. The van der Waals surface area contributed by atoms with Crippen LogP contribution in [0.3, 0.4) is 0 Å². The van der Waals surface area contributed by atoms with Gasteiger partial charge in [0.2, 0.25) is 0 Å². The number of H-pyrrole nitrogens is 1. The van der Waals surface area contributed by atoms with Gasteiger partial charge < -0.3 is 9.88 Å². The van der Waals surface area contributed by atoms with Crippen molar-refractivity contribution in [1.82, 2.24) is 14.8 Å². The second-order valence-electron chi connectivity index (χ2n) is 5.34. The number of fused-ring (bicyclic) bond motifs is 2. The molecule has 5 nitrogen and oxygen atoms in total. The van der Waals surface area contributed by atoms with E-state index in [1.807, 2.05) is 41.9 Å². The van der Waals surface area contributed by atoms with E-state index in [2.05, 4.69) is 15.5 Å². The van der Waals surface area contributed by atoms with Crippen LogP contribution in [0.5, 0.6) is 0 Å². The van der Waals surface area contributed by atoms with Crippen molar-refractivity contribution in [2.75, 3.05) is 5.32 Å². The maximum Gasteiger partial charge on any atom is 0.273 e. The average molecular weight is 308 g/mol. The van der Waals surface area contributed by atoms with Crippen molar-refractivity contribution in [1.29, 1.82) is 0 Å². The Balaban J connectivity index is 1.74. The van der Waals surface area contributed by atoms with Crippen molar-refractivity contribution in [3.05, 3.63) is 60.0 Å². The molecular weight excluding hydrogens is 295 g/mol. The Labute approximate surface area is 130 Å². The molecule has 6 heteroatoms. The van der Waals surface area contributed by atoms with E-state index in [-0.39, 0.29) is 11.4 Å². The van der Waals surface area contributed by atoms with Crippen LogP contribution >= 0.6 is 0 Å². The minimum Gasteiger partial charge on any atom is -0.340 e. The normalized spacial score (nSPS) is 11.2. The molecule has 0 aliphatic heterocycles. The highest BCUT2D eigenvalue weighted by molar-refractivity contribution is 6.09. The Hall–Kier alpha value is -3.15. The van der Waals surface area contributed by atoms with E-state index < -0.39 is 5.82 Å². The molecule has 4 aromatic rings. The van der Waals surface area contributed by atoms with Gasteiger partial charge in [0.25, 0.3) is 5.91 Å². The van der Waals surface area contributed by atoms with Crippen molar-refractivity contribution < 1.29 is 9.18 Å². The van der Waals surface area contributed by atoms with Crippen LogP contribution in [0.25, 0.3) is 21.8 Å². The summed E-state index contributed by atoms with van der Waals surface area (Å²) < 4.78 is 15.5. The van der Waals surface area contributed by atoms with Crippen molar-refractivity contribution in [3.63, 3.8) is 0 Å². The molecule has 2 aromatic carbocycles. The minimum atomic E-state index is -0.403. The molecule has 0 atom stereocenters. The van der Waals surface area contributed by atoms with Gasteiger partial charge in [-0.15, -0.1) is 0 Å². The number of para-hydroxylation sites is 2. The Morgan fingerprint density at radius 1 is 1.22 bits per heavy atom. The molecule has 0 spiro atoms. The molecule has 2 aromatic heterocycles. The van der Waals surface area contributed by atoms with E-state index >= 15 is 0 Å². The van der Waals surface area contributed by atoms with Crippen LogP contribution < -0.4 is 5.32 Å². The molecule has 23 heavy (non-hydrogen) atoms. The lowest BCUT2D eigenvalue weighted by Gasteiger charge is -2.04. The van der Waals surface area contributed by atoms with Crippen molar-refractivity contribution in [2.45, 2.75) is 0 Å². The molecule has 0 aliphatic rings.